The van der Waals surface area contributed by atoms with Crippen LogP contribution >= 0.6 is 0 Å². The van der Waals surface area contributed by atoms with E-state index in [4.69, 9.17) is 15.7 Å². The maximum Gasteiger partial charge on any atom is 0.243 e. The van der Waals surface area contributed by atoms with Gasteiger partial charge in [0, 0.05) is 0 Å². The number of nitrogens with one attached hydrogen (secondary N) is 1. The van der Waals surface area contributed by atoms with Crippen LogP contribution in [0.25, 0.3) is 11.0 Å². The lowest BCUT2D eigenvalue weighted by Gasteiger charge is -1.98. The van der Waals surface area contributed by atoms with E-state index < -0.39 is 0 Å². The number of pyridine rings is 1. The number of methoxy groups -OCH3 is 1. The number of nitrogen functional groups attached to an aromatic ring is 1. The highest BCUT2D eigenvalue weighted by Crippen LogP contribution is 2.27. The second kappa shape index (κ2) is 2.88. The molecule has 70 valence electrons. The lowest BCUT2D eigenvalue weighted by molar-refractivity contribution is 0.401. The molecule has 2 rings (SSSR count). The van der Waals surface area contributed by atoms with Crippen molar-refractivity contribution in [3.8, 4) is 11.9 Å². The second-order valence-electron chi connectivity index (χ2n) is 2.66. The SMILES string of the molecule is COc1n[nH]c2ncc(N)c(C#N)c12. The maximum atomic E-state index is 8.90. The molecular weight excluding hydrogens is 182 g/mol. The maximum absolute atomic E-state index is 8.90. The van der Waals surface area contributed by atoms with Crippen LogP contribution in [0, 0.1) is 11.3 Å². The predicted molar refractivity (Wildman–Crippen MR) is 49.6 cm³/mol. The minimum Gasteiger partial charge on any atom is -0.479 e. The summed E-state index contributed by atoms with van der Waals surface area (Å²) in [6, 6.07) is 1.99. The molecule has 3 N–H and O–H groups in total. The quantitative estimate of drug-likeness (QED) is 0.677. The van der Waals surface area contributed by atoms with E-state index in [1.807, 2.05) is 6.07 Å². The third kappa shape index (κ3) is 0.959. The van der Waals surface area contributed by atoms with Crippen molar-refractivity contribution in [1.82, 2.24) is 15.2 Å². The monoisotopic (exact) mass is 189 g/mol. The first-order valence-corrected chi connectivity index (χ1v) is 3.84. The Labute approximate surface area is 79.3 Å². The molecule has 6 nitrogen and oxygen atoms in total. The van der Waals surface area contributed by atoms with Gasteiger partial charge in [0.05, 0.1) is 24.6 Å². The summed E-state index contributed by atoms with van der Waals surface area (Å²) in [5, 5.41) is 15.9. The zero-order valence-electron chi connectivity index (χ0n) is 7.40. The minimum atomic E-state index is 0.319. The zero-order valence-corrected chi connectivity index (χ0v) is 7.40. The number of aromatic amines is 1. The van der Waals surface area contributed by atoms with E-state index in [-0.39, 0.29) is 0 Å². The van der Waals surface area contributed by atoms with Crippen LogP contribution in [-0.4, -0.2) is 22.3 Å². The normalized spacial score (nSPS) is 10.0. The Morgan fingerprint density at radius 3 is 3.07 bits per heavy atom. The van der Waals surface area contributed by atoms with Crippen LogP contribution in [-0.2, 0) is 0 Å². The summed E-state index contributed by atoms with van der Waals surface area (Å²) < 4.78 is 4.98. The molecule has 0 radical (unpaired) electrons. The first-order chi connectivity index (χ1) is 6.77. The molecule has 0 aliphatic carbocycles. The lowest BCUT2D eigenvalue weighted by Crippen LogP contribution is -1.93. The number of ether oxygens (including phenoxy) is 1. The number of fused-ring (bicyclic) bond motifs is 1. The number of rotatable bonds is 1. The van der Waals surface area contributed by atoms with Crippen LogP contribution in [0.3, 0.4) is 0 Å². The summed E-state index contributed by atoms with van der Waals surface area (Å²) in [4.78, 5) is 3.98. The van der Waals surface area contributed by atoms with Crippen molar-refractivity contribution in [2.45, 2.75) is 0 Å². The van der Waals surface area contributed by atoms with Gasteiger partial charge in [0.25, 0.3) is 0 Å². The molecule has 0 aromatic carbocycles. The second-order valence-corrected chi connectivity index (χ2v) is 2.66. The molecule has 0 aliphatic heterocycles. The molecule has 0 unspecified atom stereocenters. The van der Waals surface area contributed by atoms with Crippen molar-refractivity contribution < 1.29 is 4.74 Å². The molecule has 2 aromatic heterocycles. The third-order valence-corrected chi connectivity index (χ3v) is 1.89. The van der Waals surface area contributed by atoms with Crippen LogP contribution in [0.1, 0.15) is 5.56 Å². The fourth-order valence-corrected chi connectivity index (χ4v) is 1.25. The Morgan fingerprint density at radius 1 is 1.64 bits per heavy atom. The smallest absolute Gasteiger partial charge is 0.243 e. The Balaban J connectivity index is 2.90. The van der Waals surface area contributed by atoms with Crippen LogP contribution in [0.2, 0.25) is 0 Å². The topological polar surface area (TPSA) is 101 Å². The van der Waals surface area contributed by atoms with Crippen molar-refractivity contribution in [2.75, 3.05) is 12.8 Å². The highest BCUT2D eigenvalue weighted by molar-refractivity contribution is 5.90. The minimum absolute atomic E-state index is 0.319. The van der Waals surface area contributed by atoms with Gasteiger partial charge >= 0.3 is 0 Å². The van der Waals surface area contributed by atoms with E-state index in [1.165, 1.54) is 13.3 Å². The van der Waals surface area contributed by atoms with Gasteiger partial charge in [0.2, 0.25) is 5.88 Å². The first-order valence-electron chi connectivity index (χ1n) is 3.84. The molecule has 0 fully saturated rings. The number of nitriles is 1. The van der Waals surface area contributed by atoms with Crippen LogP contribution in [0.5, 0.6) is 5.88 Å². The number of aromatic nitrogens is 3. The number of anilines is 1. The van der Waals surface area contributed by atoms with Crippen molar-refractivity contribution in [3.63, 3.8) is 0 Å². The van der Waals surface area contributed by atoms with Gasteiger partial charge < -0.3 is 10.5 Å². The van der Waals surface area contributed by atoms with E-state index in [0.717, 1.165) is 0 Å². The molecule has 0 spiro atoms. The van der Waals surface area contributed by atoms with Gasteiger partial charge in [-0.3, -0.25) is 5.10 Å². The summed E-state index contributed by atoms with van der Waals surface area (Å²) in [5.41, 5.74) is 6.74. The average Bonchev–Trinajstić information content (AvgIpc) is 2.61. The van der Waals surface area contributed by atoms with E-state index in [0.29, 0.717) is 28.2 Å². The van der Waals surface area contributed by atoms with Gasteiger partial charge in [-0.25, -0.2) is 4.98 Å². The van der Waals surface area contributed by atoms with Crippen LogP contribution in [0.15, 0.2) is 6.20 Å². The number of hydrogen-bond acceptors (Lipinski definition) is 5. The summed E-state index contributed by atoms with van der Waals surface area (Å²) in [5.74, 6) is 0.330. The third-order valence-electron chi connectivity index (χ3n) is 1.89. The Kier molecular flexibility index (Phi) is 1.71. The number of H-pyrrole nitrogens is 1. The Hall–Kier alpha value is -2.29. The van der Waals surface area contributed by atoms with Crippen molar-refractivity contribution in [1.29, 1.82) is 5.26 Å². The lowest BCUT2D eigenvalue weighted by atomic mass is 10.2. The molecule has 0 aliphatic rings. The fourth-order valence-electron chi connectivity index (χ4n) is 1.25. The summed E-state index contributed by atoms with van der Waals surface area (Å²) >= 11 is 0. The van der Waals surface area contributed by atoms with Gasteiger partial charge in [-0.2, -0.15) is 5.26 Å². The Bertz CT molecular complexity index is 524. The molecule has 14 heavy (non-hydrogen) atoms. The first kappa shape index (κ1) is 8.31. The van der Waals surface area contributed by atoms with E-state index >= 15 is 0 Å². The fraction of sp³-hybridized carbons (Fsp3) is 0.125. The molecule has 0 saturated carbocycles. The van der Waals surface area contributed by atoms with E-state index in [9.17, 15) is 0 Å². The molecular formula is C8H7N5O. The molecule has 0 bridgehead atoms. The van der Waals surface area contributed by atoms with Gasteiger partial charge in [-0.15, -0.1) is 5.10 Å². The molecule has 2 aromatic rings. The predicted octanol–water partition coefficient (Wildman–Crippen LogP) is 0.420. The molecule has 2 heterocycles. The van der Waals surface area contributed by atoms with Crippen LogP contribution < -0.4 is 10.5 Å². The summed E-state index contributed by atoms with van der Waals surface area (Å²) in [6.07, 6.45) is 1.42. The summed E-state index contributed by atoms with van der Waals surface area (Å²) in [6.45, 7) is 0. The average molecular weight is 189 g/mol. The molecule has 0 saturated heterocycles. The Morgan fingerprint density at radius 2 is 2.43 bits per heavy atom. The summed E-state index contributed by atoms with van der Waals surface area (Å²) in [7, 11) is 1.47. The largest absolute Gasteiger partial charge is 0.479 e. The number of nitrogens with two attached hydrogens (primary N) is 1. The highest BCUT2D eigenvalue weighted by Gasteiger charge is 2.14. The van der Waals surface area contributed by atoms with Gasteiger partial charge in [0.15, 0.2) is 5.65 Å². The van der Waals surface area contributed by atoms with Gasteiger partial charge in [0.1, 0.15) is 11.5 Å². The molecule has 0 atom stereocenters. The van der Waals surface area contributed by atoms with Gasteiger partial charge in [-0.05, 0) is 0 Å². The zero-order chi connectivity index (χ0) is 10.1. The van der Waals surface area contributed by atoms with Crippen molar-refractivity contribution >= 4 is 16.7 Å². The van der Waals surface area contributed by atoms with Crippen molar-refractivity contribution in [3.05, 3.63) is 11.8 Å². The number of nitrogens with zero attached hydrogens (tertiary/aromatic N) is 3. The molecule has 0 amide bonds. The van der Waals surface area contributed by atoms with Gasteiger partial charge in [-0.1, -0.05) is 0 Å². The standard InChI is InChI=1S/C8H7N5O/c1-14-8-6-4(2-9)5(10)3-11-7(6)12-13-8/h3H,10H2,1H3,(H,11,12,13). The highest BCUT2D eigenvalue weighted by atomic mass is 16.5. The van der Waals surface area contributed by atoms with Crippen LogP contribution in [0.4, 0.5) is 5.69 Å². The number of hydrogen-bond donors (Lipinski definition) is 2. The molecule has 6 heteroatoms. The van der Waals surface area contributed by atoms with E-state index in [1.54, 1.807) is 0 Å². The van der Waals surface area contributed by atoms with E-state index in [2.05, 4.69) is 15.2 Å². The van der Waals surface area contributed by atoms with Crippen molar-refractivity contribution in [2.24, 2.45) is 0 Å².